The van der Waals surface area contributed by atoms with Crippen LogP contribution in [0.25, 0.3) is 0 Å². The predicted octanol–water partition coefficient (Wildman–Crippen LogP) is 0.916. The van der Waals surface area contributed by atoms with Crippen molar-refractivity contribution in [1.29, 1.82) is 0 Å². The summed E-state index contributed by atoms with van der Waals surface area (Å²) in [7, 11) is -3.04. The Morgan fingerprint density at radius 1 is 1.53 bits per heavy atom. The summed E-state index contributed by atoms with van der Waals surface area (Å²) >= 11 is 4.79. The molecule has 4 nitrogen and oxygen atoms in total. The molecule has 1 rings (SSSR count). The summed E-state index contributed by atoms with van der Waals surface area (Å²) in [5.74, 6) is -0.456. The Morgan fingerprint density at radius 2 is 2.18 bits per heavy atom. The van der Waals surface area contributed by atoms with E-state index in [-0.39, 0.29) is 17.3 Å². The van der Waals surface area contributed by atoms with Gasteiger partial charge >= 0.3 is 0 Å². The quantitative estimate of drug-likeness (QED) is 0.782. The Kier molecular flexibility index (Phi) is 4.41. The molecule has 0 bridgehead atoms. The molecule has 17 heavy (non-hydrogen) atoms. The second kappa shape index (κ2) is 5.42. The van der Waals surface area contributed by atoms with Gasteiger partial charge in [-0.1, -0.05) is 12.2 Å². The van der Waals surface area contributed by atoms with Crippen molar-refractivity contribution >= 4 is 32.7 Å². The molecule has 0 amide bonds. The first kappa shape index (κ1) is 13.9. The minimum atomic E-state index is -3.04. The maximum absolute atomic E-state index is 13.0. The lowest BCUT2D eigenvalue weighted by Gasteiger charge is -2.10. The van der Waals surface area contributed by atoms with Crippen molar-refractivity contribution in [2.24, 2.45) is 5.73 Å². The molecule has 0 radical (unpaired) electrons. The molecule has 0 unspecified atom stereocenters. The molecule has 0 saturated heterocycles. The zero-order valence-corrected chi connectivity index (χ0v) is 10.9. The van der Waals surface area contributed by atoms with Crippen molar-refractivity contribution < 1.29 is 12.8 Å². The van der Waals surface area contributed by atoms with E-state index in [9.17, 15) is 12.8 Å². The molecule has 0 aliphatic rings. The summed E-state index contributed by atoms with van der Waals surface area (Å²) in [6.07, 6.45) is 1.15. The van der Waals surface area contributed by atoms with Gasteiger partial charge in [-0.3, -0.25) is 0 Å². The smallest absolute Gasteiger partial charge is 0.149 e. The number of hydrogen-bond donors (Lipinski definition) is 2. The Balaban J connectivity index is 2.81. The average Bonchev–Trinajstić information content (AvgIpc) is 2.18. The van der Waals surface area contributed by atoms with Gasteiger partial charge in [0.25, 0.3) is 0 Å². The summed E-state index contributed by atoms with van der Waals surface area (Å²) in [5.41, 5.74) is 6.35. The van der Waals surface area contributed by atoms with Gasteiger partial charge in [0.15, 0.2) is 0 Å². The van der Waals surface area contributed by atoms with E-state index in [4.69, 9.17) is 18.0 Å². The third-order valence-corrected chi connectivity index (χ3v) is 3.20. The largest absolute Gasteiger partial charge is 0.389 e. The van der Waals surface area contributed by atoms with Crippen molar-refractivity contribution in [2.45, 2.75) is 0 Å². The van der Waals surface area contributed by atoms with Crippen LogP contribution in [-0.2, 0) is 9.84 Å². The number of thiocarbonyl (C=S) groups is 1. The van der Waals surface area contributed by atoms with Crippen LogP contribution in [0.3, 0.4) is 0 Å². The summed E-state index contributed by atoms with van der Waals surface area (Å²) in [5, 5.41) is 2.87. The van der Waals surface area contributed by atoms with Crippen molar-refractivity contribution in [3.8, 4) is 0 Å². The zero-order chi connectivity index (χ0) is 13.1. The monoisotopic (exact) mass is 276 g/mol. The van der Waals surface area contributed by atoms with E-state index in [0.29, 0.717) is 11.3 Å². The Morgan fingerprint density at radius 3 is 2.71 bits per heavy atom. The SMILES string of the molecule is CS(=O)(=O)CCNc1ccc(F)cc1C(N)=S. The molecule has 0 aliphatic carbocycles. The zero-order valence-electron chi connectivity index (χ0n) is 9.23. The first-order chi connectivity index (χ1) is 7.79. The molecule has 3 N–H and O–H groups in total. The average molecular weight is 276 g/mol. The number of anilines is 1. The van der Waals surface area contributed by atoms with Crippen molar-refractivity contribution in [1.82, 2.24) is 0 Å². The number of benzene rings is 1. The molecule has 94 valence electrons. The van der Waals surface area contributed by atoms with E-state index >= 15 is 0 Å². The highest BCUT2D eigenvalue weighted by Gasteiger charge is 2.07. The van der Waals surface area contributed by atoms with Gasteiger partial charge in [0.2, 0.25) is 0 Å². The van der Waals surface area contributed by atoms with E-state index in [1.54, 1.807) is 0 Å². The lowest BCUT2D eigenvalue weighted by atomic mass is 10.1. The summed E-state index contributed by atoms with van der Waals surface area (Å²) in [4.78, 5) is 0.0614. The number of halogens is 1. The van der Waals surface area contributed by atoms with Crippen LogP contribution in [0, 0.1) is 5.82 Å². The normalized spacial score (nSPS) is 11.2. The van der Waals surface area contributed by atoms with Crippen LogP contribution >= 0.6 is 12.2 Å². The highest BCUT2D eigenvalue weighted by Crippen LogP contribution is 2.16. The minimum absolute atomic E-state index is 0.0127. The van der Waals surface area contributed by atoms with Gasteiger partial charge < -0.3 is 11.1 Å². The molecule has 0 aliphatic heterocycles. The summed E-state index contributed by atoms with van der Waals surface area (Å²) in [6, 6.07) is 3.95. The fourth-order valence-corrected chi connectivity index (χ4v) is 1.89. The van der Waals surface area contributed by atoms with Gasteiger partial charge in [0.1, 0.15) is 20.6 Å². The number of nitrogens with two attached hydrogens (primary N) is 1. The highest BCUT2D eigenvalue weighted by molar-refractivity contribution is 7.90. The molecule has 0 saturated carbocycles. The van der Waals surface area contributed by atoms with Crippen LogP contribution in [0.15, 0.2) is 18.2 Å². The topological polar surface area (TPSA) is 72.2 Å². The highest BCUT2D eigenvalue weighted by atomic mass is 32.2. The van der Waals surface area contributed by atoms with Crippen LogP contribution in [0.1, 0.15) is 5.56 Å². The van der Waals surface area contributed by atoms with Crippen molar-refractivity contribution in [2.75, 3.05) is 23.9 Å². The molecule has 0 heterocycles. The first-order valence-corrected chi connectivity index (χ1v) is 7.27. The van der Waals surface area contributed by atoms with E-state index in [1.165, 1.54) is 18.2 Å². The second-order valence-corrected chi connectivity index (χ2v) is 6.31. The molecule has 0 atom stereocenters. The predicted molar refractivity (Wildman–Crippen MR) is 70.5 cm³/mol. The Hall–Kier alpha value is -1.21. The first-order valence-electron chi connectivity index (χ1n) is 4.80. The third-order valence-electron chi connectivity index (χ3n) is 2.04. The maximum Gasteiger partial charge on any atom is 0.149 e. The number of nitrogens with one attached hydrogen (secondary N) is 1. The van der Waals surface area contributed by atoms with Crippen molar-refractivity contribution in [3.05, 3.63) is 29.6 Å². The maximum atomic E-state index is 13.0. The van der Waals surface area contributed by atoms with E-state index in [2.05, 4.69) is 5.32 Å². The number of rotatable bonds is 5. The third kappa shape index (κ3) is 4.66. The van der Waals surface area contributed by atoms with E-state index < -0.39 is 15.7 Å². The Bertz CT molecular complexity index is 529. The standard InChI is InChI=1S/C10H13FN2O2S2/c1-17(14,15)5-4-13-9-3-2-7(11)6-8(9)10(12)16/h2-3,6,13H,4-5H2,1H3,(H2,12,16). The second-order valence-electron chi connectivity index (χ2n) is 3.61. The molecule has 0 aromatic heterocycles. The van der Waals surface area contributed by atoms with E-state index in [0.717, 1.165) is 6.26 Å². The van der Waals surface area contributed by atoms with Gasteiger partial charge in [0, 0.05) is 24.1 Å². The molecule has 1 aromatic carbocycles. The van der Waals surface area contributed by atoms with Crippen LogP contribution < -0.4 is 11.1 Å². The fraction of sp³-hybridized carbons (Fsp3) is 0.300. The fourth-order valence-electron chi connectivity index (χ4n) is 1.25. The summed E-state index contributed by atoms with van der Waals surface area (Å²) in [6.45, 7) is 0.222. The molecular weight excluding hydrogens is 263 g/mol. The van der Waals surface area contributed by atoms with Gasteiger partial charge in [0.05, 0.1) is 5.75 Å². The molecule has 1 aromatic rings. The lowest BCUT2D eigenvalue weighted by molar-refractivity contribution is 0.602. The minimum Gasteiger partial charge on any atom is -0.389 e. The number of sulfone groups is 1. The van der Waals surface area contributed by atoms with Gasteiger partial charge in [-0.05, 0) is 18.2 Å². The molecule has 0 fully saturated rings. The van der Waals surface area contributed by atoms with Crippen LogP contribution in [0.5, 0.6) is 0 Å². The molecule has 0 spiro atoms. The summed E-state index contributed by atoms with van der Waals surface area (Å²) < 4.78 is 34.9. The van der Waals surface area contributed by atoms with Crippen LogP contribution in [-0.4, -0.2) is 32.0 Å². The van der Waals surface area contributed by atoms with Gasteiger partial charge in [-0.25, -0.2) is 12.8 Å². The molecule has 7 heteroatoms. The van der Waals surface area contributed by atoms with Gasteiger partial charge in [-0.15, -0.1) is 0 Å². The lowest BCUT2D eigenvalue weighted by Crippen LogP contribution is -2.18. The van der Waals surface area contributed by atoms with Crippen LogP contribution in [0.2, 0.25) is 0 Å². The number of hydrogen-bond acceptors (Lipinski definition) is 4. The van der Waals surface area contributed by atoms with Gasteiger partial charge in [-0.2, -0.15) is 0 Å². The van der Waals surface area contributed by atoms with E-state index in [1.807, 2.05) is 0 Å². The van der Waals surface area contributed by atoms with Crippen molar-refractivity contribution in [3.63, 3.8) is 0 Å². The molecular formula is C10H13FN2O2S2. The Labute approximate surface area is 105 Å². The van der Waals surface area contributed by atoms with Crippen LogP contribution in [0.4, 0.5) is 10.1 Å².